The number of anilines is 1. The average molecular weight is 226 g/mol. The number of hydrogen-bond acceptors (Lipinski definition) is 4. The first-order valence-corrected chi connectivity index (χ1v) is 4.88. The summed E-state index contributed by atoms with van der Waals surface area (Å²) in [6.07, 6.45) is 1.61. The minimum atomic E-state index is 0.0635. The minimum Gasteiger partial charge on any atom is -0.380 e. The zero-order chi connectivity index (χ0) is 11.3. The van der Waals surface area contributed by atoms with Gasteiger partial charge in [0.15, 0.2) is 0 Å². The van der Waals surface area contributed by atoms with Crippen LogP contribution in [0.3, 0.4) is 0 Å². The first kappa shape index (κ1) is 11.8. The first-order valence-electron chi connectivity index (χ1n) is 4.50. The molecule has 1 aromatic heterocycles. The molecule has 1 heterocycles. The van der Waals surface area contributed by atoms with Crippen LogP contribution in [0.15, 0.2) is 12.3 Å². The number of pyridine rings is 1. The van der Waals surface area contributed by atoms with Gasteiger partial charge in [0.1, 0.15) is 16.9 Å². The number of nitrogens with one attached hydrogen (secondary N) is 1. The Morgan fingerprint density at radius 1 is 1.73 bits per heavy atom. The van der Waals surface area contributed by atoms with Gasteiger partial charge in [0.2, 0.25) is 0 Å². The minimum absolute atomic E-state index is 0.0635. The van der Waals surface area contributed by atoms with Crippen LogP contribution >= 0.6 is 11.6 Å². The summed E-state index contributed by atoms with van der Waals surface area (Å²) in [4.78, 5) is 4.04. The lowest BCUT2D eigenvalue weighted by Gasteiger charge is -2.12. The third-order valence-electron chi connectivity index (χ3n) is 1.97. The lowest BCUT2D eigenvalue weighted by molar-refractivity contribution is 0.128. The topological polar surface area (TPSA) is 57.9 Å². The highest BCUT2D eigenvalue weighted by atomic mass is 35.5. The van der Waals surface area contributed by atoms with Gasteiger partial charge < -0.3 is 10.1 Å². The summed E-state index contributed by atoms with van der Waals surface area (Å²) in [5, 5.41) is 12.1. The van der Waals surface area contributed by atoms with E-state index in [1.807, 2.05) is 13.0 Å². The molecule has 1 unspecified atom stereocenters. The Morgan fingerprint density at radius 2 is 2.47 bits per heavy atom. The summed E-state index contributed by atoms with van der Waals surface area (Å²) in [5.74, 6) is 0.514. The summed E-state index contributed by atoms with van der Waals surface area (Å²) in [6.45, 7) is 2.52. The normalized spacial score (nSPS) is 11.9. The quantitative estimate of drug-likeness (QED) is 0.852. The molecule has 80 valence electrons. The molecule has 0 aliphatic carbocycles. The number of nitrogens with zero attached hydrogens (tertiary/aromatic N) is 2. The SMILES string of the molecule is COC(C)CNc1nccc(C#N)c1Cl. The standard InChI is InChI=1S/C10H12ClN3O/c1-7(15-2)6-14-10-9(11)8(5-12)3-4-13-10/h3-4,7H,6H2,1-2H3,(H,13,14). The molecule has 1 N–H and O–H groups in total. The van der Waals surface area contributed by atoms with Crippen molar-refractivity contribution < 1.29 is 4.74 Å². The van der Waals surface area contributed by atoms with Crippen molar-refractivity contribution in [3.63, 3.8) is 0 Å². The average Bonchev–Trinajstić information content (AvgIpc) is 2.27. The van der Waals surface area contributed by atoms with E-state index in [1.165, 1.54) is 0 Å². The molecule has 0 amide bonds. The number of rotatable bonds is 4. The number of hydrogen-bond donors (Lipinski definition) is 1. The maximum absolute atomic E-state index is 8.75. The van der Waals surface area contributed by atoms with E-state index in [2.05, 4.69) is 10.3 Å². The first-order chi connectivity index (χ1) is 7.19. The second-order valence-electron chi connectivity index (χ2n) is 3.06. The van der Waals surface area contributed by atoms with Gasteiger partial charge in [-0.3, -0.25) is 0 Å². The summed E-state index contributed by atoms with van der Waals surface area (Å²) in [5.41, 5.74) is 0.416. The van der Waals surface area contributed by atoms with Gasteiger partial charge in [-0.1, -0.05) is 11.6 Å². The number of methoxy groups -OCH3 is 1. The fourth-order valence-electron chi connectivity index (χ4n) is 0.977. The highest BCUT2D eigenvalue weighted by Crippen LogP contribution is 2.22. The molecule has 0 spiro atoms. The fraction of sp³-hybridized carbons (Fsp3) is 0.400. The second kappa shape index (κ2) is 5.54. The Balaban J connectivity index is 2.74. The molecule has 0 aliphatic rings. The highest BCUT2D eigenvalue weighted by Gasteiger charge is 2.07. The van der Waals surface area contributed by atoms with E-state index in [4.69, 9.17) is 21.6 Å². The van der Waals surface area contributed by atoms with Gasteiger partial charge >= 0.3 is 0 Å². The van der Waals surface area contributed by atoms with E-state index in [-0.39, 0.29) is 6.10 Å². The van der Waals surface area contributed by atoms with Crippen LogP contribution < -0.4 is 5.32 Å². The monoisotopic (exact) mass is 225 g/mol. The largest absolute Gasteiger partial charge is 0.380 e. The summed E-state index contributed by atoms with van der Waals surface area (Å²) in [6, 6.07) is 3.57. The van der Waals surface area contributed by atoms with Crippen molar-refractivity contribution in [3.05, 3.63) is 22.8 Å². The third-order valence-corrected chi connectivity index (χ3v) is 2.35. The molecule has 0 fully saturated rings. The van der Waals surface area contributed by atoms with Crippen molar-refractivity contribution in [2.24, 2.45) is 0 Å². The molecule has 0 aromatic carbocycles. The molecular weight excluding hydrogens is 214 g/mol. The molecular formula is C10H12ClN3O. The van der Waals surface area contributed by atoms with Crippen molar-refractivity contribution in [1.82, 2.24) is 4.98 Å². The smallest absolute Gasteiger partial charge is 0.146 e. The number of halogens is 1. The van der Waals surface area contributed by atoms with Gasteiger partial charge in [-0.25, -0.2) is 4.98 Å². The van der Waals surface area contributed by atoms with Crippen LogP contribution in [0.25, 0.3) is 0 Å². The summed E-state index contributed by atoms with van der Waals surface area (Å²) < 4.78 is 5.07. The van der Waals surface area contributed by atoms with Crippen LogP contribution in [0.4, 0.5) is 5.82 Å². The molecule has 0 bridgehead atoms. The number of nitriles is 1. The maximum Gasteiger partial charge on any atom is 0.146 e. The number of aromatic nitrogens is 1. The van der Waals surface area contributed by atoms with Gasteiger partial charge in [0, 0.05) is 19.9 Å². The maximum atomic E-state index is 8.75. The molecule has 4 nitrogen and oxygen atoms in total. The zero-order valence-corrected chi connectivity index (χ0v) is 9.38. The van der Waals surface area contributed by atoms with Crippen LogP contribution in [0.1, 0.15) is 12.5 Å². The fourth-order valence-corrected chi connectivity index (χ4v) is 1.20. The number of ether oxygens (including phenoxy) is 1. The van der Waals surface area contributed by atoms with Gasteiger partial charge in [-0.05, 0) is 13.0 Å². The Labute approximate surface area is 93.8 Å². The predicted molar refractivity (Wildman–Crippen MR) is 58.9 cm³/mol. The molecule has 0 saturated heterocycles. The molecule has 0 aliphatic heterocycles. The van der Waals surface area contributed by atoms with Crippen LogP contribution in [0.5, 0.6) is 0 Å². The van der Waals surface area contributed by atoms with Gasteiger partial charge in [-0.15, -0.1) is 0 Å². The molecule has 0 saturated carbocycles. The van der Waals surface area contributed by atoms with E-state index in [9.17, 15) is 0 Å². The Bertz CT molecular complexity index is 375. The molecule has 1 aromatic rings. The van der Waals surface area contributed by atoms with Gasteiger partial charge in [-0.2, -0.15) is 5.26 Å². The molecule has 1 rings (SSSR count). The van der Waals surface area contributed by atoms with Gasteiger partial charge in [0.25, 0.3) is 0 Å². The summed E-state index contributed by atoms with van der Waals surface area (Å²) in [7, 11) is 1.63. The van der Waals surface area contributed by atoms with Crippen LogP contribution in [-0.4, -0.2) is 24.7 Å². The Hall–Kier alpha value is -1.31. The zero-order valence-electron chi connectivity index (χ0n) is 8.62. The van der Waals surface area contributed by atoms with E-state index in [1.54, 1.807) is 19.4 Å². The predicted octanol–water partition coefficient (Wildman–Crippen LogP) is 2.05. The second-order valence-corrected chi connectivity index (χ2v) is 3.44. The van der Waals surface area contributed by atoms with Crippen LogP contribution in [0, 0.1) is 11.3 Å². The molecule has 0 radical (unpaired) electrons. The van der Waals surface area contributed by atoms with E-state index < -0.39 is 0 Å². The van der Waals surface area contributed by atoms with E-state index in [0.717, 1.165) is 0 Å². The van der Waals surface area contributed by atoms with E-state index in [0.29, 0.717) is 22.9 Å². The van der Waals surface area contributed by atoms with Crippen LogP contribution in [-0.2, 0) is 4.74 Å². The molecule has 1 atom stereocenters. The Morgan fingerprint density at radius 3 is 3.07 bits per heavy atom. The Kier molecular flexibility index (Phi) is 4.35. The summed E-state index contributed by atoms with van der Waals surface area (Å²) >= 11 is 5.95. The lowest BCUT2D eigenvalue weighted by atomic mass is 10.3. The third kappa shape index (κ3) is 3.08. The van der Waals surface area contributed by atoms with Gasteiger partial charge in [0.05, 0.1) is 11.7 Å². The van der Waals surface area contributed by atoms with Crippen molar-refractivity contribution in [1.29, 1.82) is 5.26 Å². The van der Waals surface area contributed by atoms with Crippen molar-refractivity contribution >= 4 is 17.4 Å². The highest BCUT2D eigenvalue weighted by molar-refractivity contribution is 6.34. The lowest BCUT2D eigenvalue weighted by Crippen LogP contribution is -2.18. The van der Waals surface area contributed by atoms with Crippen molar-refractivity contribution in [2.45, 2.75) is 13.0 Å². The molecule has 15 heavy (non-hydrogen) atoms. The van der Waals surface area contributed by atoms with Crippen LogP contribution in [0.2, 0.25) is 5.02 Å². The van der Waals surface area contributed by atoms with Crippen molar-refractivity contribution in [3.8, 4) is 6.07 Å². The molecule has 5 heteroatoms. The van der Waals surface area contributed by atoms with Crippen molar-refractivity contribution in [2.75, 3.05) is 19.0 Å². The van der Waals surface area contributed by atoms with E-state index >= 15 is 0 Å².